The van der Waals surface area contributed by atoms with Crippen LogP contribution in [0.5, 0.6) is 0 Å². The SMILES string of the molecule is COC(C(=O)O)C(C)C1=CCc2ccccc21. The zero-order chi connectivity index (χ0) is 12.4. The lowest BCUT2D eigenvalue weighted by Crippen LogP contribution is -2.30. The van der Waals surface area contributed by atoms with Gasteiger partial charge in [-0.05, 0) is 23.1 Å². The van der Waals surface area contributed by atoms with E-state index in [0.717, 1.165) is 17.6 Å². The van der Waals surface area contributed by atoms with E-state index in [1.807, 2.05) is 25.1 Å². The summed E-state index contributed by atoms with van der Waals surface area (Å²) >= 11 is 0. The molecular formula is C14H16O3. The van der Waals surface area contributed by atoms with E-state index in [2.05, 4.69) is 12.1 Å². The highest BCUT2D eigenvalue weighted by atomic mass is 16.5. The molecule has 0 bridgehead atoms. The summed E-state index contributed by atoms with van der Waals surface area (Å²) < 4.78 is 5.06. The van der Waals surface area contributed by atoms with Crippen LogP contribution in [-0.4, -0.2) is 24.3 Å². The first kappa shape index (κ1) is 11.9. The Kier molecular flexibility index (Phi) is 3.29. The van der Waals surface area contributed by atoms with Gasteiger partial charge in [0.1, 0.15) is 0 Å². The van der Waals surface area contributed by atoms with Crippen LogP contribution in [0.25, 0.3) is 5.57 Å². The highest BCUT2D eigenvalue weighted by Crippen LogP contribution is 2.34. The molecule has 0 heterocycles. The van der Waals surface area contributed by atoms with Crippen molar-refractivity contribution in [3.05, 3.63) is 41.5 Å². The second-order valence-corrected chi connectivity index (χ2v) is 4.30. The molecule has 2 rings (SSSR count). The Morgan fingerprint density at radius 1 is 1.41 bits per heavy atom. The quantitative estimate of drug-likeness (QED) is 0.866. The number of ether oxygens (including phenoxy) is 1. The number of carboxylic acid groups (broad SMARTS) is 1. The highest BCUT2D eigenvalue weighted by Gasteiger charge is 2.30. The smallest absolute Gasteiger partial charge is 0.333 e. The number of fused-ring (bicyclic) bond motifs is 1. The average molecular weight is 232 g/mol. The fourth-order valence-corrected chi connectivity index (χ4v) is 2.42. The molecule has 0 fully saturated rings. The molecule has 2 atom stereocenters. The summed E-state index contributed by atoms with van der Waals surface area (Å²) in [6.07, 6.45) is 2.20. The predicted molar refractivity (Wildman–Crippen MR) is 65.7 cm³/mol. The van der Waals surface area contributed by atoms with Gasteiger partial charge < -0.3 is 9.84 Å². The van der Waals surface area contributed by atoms with Crippen molar-refractivity contribution >= 4 is 11.5 Å². The van der Waals surface area contributed by atoms with E-state index in [0.29, 0.717) is 0 Å². The highest BCUT2D eigenvalue weighted by molar-refractivity contribution is 5.81. The van der Waals surface area contributed by atoms with E-state index >= 15 is 0 Å². The Hall–Kier alpha value is -1.61. The second kappa shape index (κ2) is 4.72. The van der Waals surface area contributed by atoms with Gasteiger partial charge in [0, 0.05) is 13.0 Å². The van der Waals surface area contributed by atoms with E-state index in [9.17, 15) is 4.79 Å². The monoisotopic (exact) mass is 232 g/mol. The zero-order valence-electron chi connectivity index (χ0n) is 10.0. The van der Waals surface area contributed by atoms with Crippen molar-refractivity contribution in [1.82, 2.24) is 0 Å². The molecule has 1 N–H and O–H groups in total. The fourth-order valence-electron chi connectivity index (χ4n) is 2.42. The molecule has 1 aromatic carbocycles. The van der Waals surface area contributed by atoms with Crippen LogP contribution < -0.4 is 0 Å². The lowest BCUT2D eigenvalue weighted by Gasteiger charge is -2.20. The first-order valence-electron chi connectivity index (χ1n) is 5.69. The molecule has 0 radical (unpaired) electrons. The molecule has 1 aliphatic rings. The molecule has 3 heteroatoms. The number of rotatable bonds is 4. The van der Waals surface area contributed by atoms with Crippen LogP contribution in [0, 0.1) is 5.92 Å². The molecule has 1 aromatic rings. The van der Waals surface area contributed by atoms with E-state index in [1.54, 1.807) is 0 Å². The van der Waals surface area contributed by atoms with Crippen LogP contribution >= 0.6 is 0 Å². The minimum atomic E-state index is -0.912. The van der Waals surface area contributed by atoms with Crippen LogP contribution in [0.2, 0.25) is 0 Å². The molecule has 0 saturated heterocycles. The van der Waals surface area contributed by atoms with Gasteiger partial charge in [-0.1, -0.05) is 37.3 Å². The van der Waals surface area contributed by atoms with Crippen molar-refractivity contribution in [3.63, 3.8) is 0 Å². The minimum Gasteiger partial charge on any atom is -0.479 e. The van der Waals surface area contributed by atoms with Gasteiger partial charge >= 0.3 is 5.97 Å². The molecule has 0 aliphatic heterocycles. The van der Waals surface area contributed by atoms with Gasteiger partial charge in [-0.25, -0.2) is 4.79 Å². The summed E-state index contributed by atoms with van der Waals surface area (Å²) in [7, 11) is 1.44. The van der Waals surface area contributed by atoms with Crippen LogP contribution in [-0.2, 0) is 16.0 Å². The summed E-state index contributed by atoms with van der Waals surface area (Å²) in [4.78, 5) is 11.1. The summed E-state index contributed by atoms with van der Waals surface area (Å²) in [6.45, 7) is 1.90. The molecule has 0 saturated carbocycles. The number of carboxylic acids is 1. The van der Waals surface area contributed by atoms with E-state index in [-0.39, 0.29) is 5.92 Å². The number of aliphatic carboxylic acids is 1. The van der Waals surface area contributed by atoms with Crippen molar-refractivity contribution < 1.29 is 14.6 Å². The summed E-state index contributed by atoms with van der Waals surface area (Å²) in [5.74, 6) is -1.05. The maximum absolute atomic E-state index is 11.1. The van der Waals surface area contributed by atoms with Crippen LogP contribution in [0.3, 0.4) is 0 Å². The van der Waals surface area contributed by atoms with Gasteiger partial charge in [-0.2, -0.15) is 0 Å². The molecule has 3 nitrogen and oxygen atoms in total. The van der Waals surface area contributed by atoms with Gasteiger partial charge in [0.25, 0.3) is 0 Å². The number of carbonyl (C=O) groups is 1. The Balaban J connectivity index is 2.28. The Bertz CT molecular complexity index is 462. The lowest BCUT2D eigenvalue weighted by molar-refractivity contribution is -0.150. The van der Waals surface area contributed by atoms with Gasteiger partial charge in [0.2, 0.25) is 0 Å². The predicted octanol–water partition coefficient (Wildman–Crippen LogP) is 2.36. The van der Waals surface area contributed by atoms with Crippen molar-refractivity contribution in [3.8, 4) is 0 Å². The summed E-state index contributed by atoms with van der Waals surface area (Å²) in [6, 6.07) is 8.10. The third-order valence-corrected chi connectivity index (χ3v) is 3.31. The van der Waals surface area contributed by atoms with Crippen LogP contribution in [0.4, 0.5) is 0 Å². The first-order valence-corrected chi connectivity index (χ1v) is 5.69. The number of allylic oxidation sites excluding steroid dienone is 1. The molecular weight excluding hydrogens is 216 g/mol. The van der Waals surface area contributed by atoms with Crippen molar-refractivity contribution in [1.29, 1.82) is 0 Å². The third kappa shape index (κ3) is 2.11. The van der Waals surface area contributed by atoms with Crippen LogP contribution in [0.1, 0.15) is 18.1 Å². The molecule has 1 aliphatic carbocycles. The Morgan fingerprint density at radius 3 is 2.76 bits per heavy atom. The van der Waals surface area contributed by atoms with Crippen molar-refractivity contribution in [2.75, 3.05) is 7.11 Å². The van der Waals surface area contributed by atoms with Gasteiger partial charge in [0.05, 0.1) is 0 Å². The number of benzene rings is 1. The van der Waals surface area contributed by atoms with Gasteiger partial charge in [-0.15, -0.1) is 0 Å². The average Bonchev–Trinajstić information content (AvgIpc) is 2.72. The van der Waals surface area contributed by atoms with Gasteiger partial charge in [0.15, 0.2) is 6.10 Å². The number of hydrogen-bond acceptors (Lipinski definition) is 2. The molecule has 90 valence electrons. The Morgan fingerprint density at radius 2 is 2.12 bits per heavy atom. The summed E-state index contributed by atoms with van der Waals surface area (Å²) in [5.41, 5.74) is 3.49. The maximum Gasteiger partial charge on any atom is 0.333 e. The lowest BCUT2D eigenvalue weighted by atomic mass is 9.91. The topological polar surface area (TPSA) is 46.5 Å². The Labute approximate surface area is 101 Å². The maximum atomic E-state index is 11.1. The van der Waals surface area contributed by atoms with Crippen molar-refractivity contribution in [2.45, 2.75) is 19.4 Å². The molecule has 17 heavy (non-hydrogen) atoms. The normalized spacial score (nSPS) is 17.2. The molecule has 0 aromatic heterocycles. The largest absolute Gasteiger partial charge is 0.479 e. The fraction of sp³-hybridized carbons (Fsp3) is 0.357. The first-order chi connectivity index (χ1) is 8.15. The van der Waals surface area contributed by atoms with Crippen LogP contribution in [0.15, 0.2) is 30.3 Å². The number of methoxy groups -OCH3 is 1. The van der Waals surface area contributed by atoms with Crippen molar-refractivity contribution in [2.24, 2.45) is 5.92 Å². The van der Waals surface area contributed by atoms with E-state index < -0.39 is 12.1 Å². The van der Waals surface area contributed by atoms with E-state index in [4.69, 9.17) is 9.84 Å². The molecule has 0 amide bonds. The second-order valence-electron chi connectivity index (χ2n) is 4.30. The number of hydrogen-bond donors (Lipinski definition) is 1. The molecule has 0 spiro atoms. The zero-order valence-corrected chi connectivity index (χ0v) is 10.0. The minimum absolute atomic E-state index is 0.138. The summed E-state index contributed by atoms with van der Waals surface area (Å²) in [5, 5.41) is 9.10. The molecule has 2 unspecified atom stereocenters. The van der Waals surface area contributed by atoms with Gasteiger partial charge in [-0.3, -0.25) is 0 Å². The van der Waals surface area contributed by atoms with E-state index in [1.165, 1.54) is 12.7 Å². The third-order valence-electron chi connectivity index (χ3n) is 3.31. The standard InChI is InChI=1S/C14H16O3/c1-9(13(17-2)14(15)16)11-8-7-10-5-3-4-6-12(10)11/h3-6,8-9,13H,7H2,1-2H3,(H,15,16).